The highest BCUT2D eigenvalue weighted by atomic mass is 15.3. The van der Waals surface area contributed by atoms with E-state index in [1.165, 1.54) is 0 Å². The number of hydrogen-bond donors (Lipinski definition) is 5. The summed E-state index contributed by atoms with van der Waals surface area (Å²) in [4.78, 5) is 0. The van der Waals surface area contributed by atoms with Gasteiger partial charge in [0, 0.05) is 18.6 Å². The second-order valence-corrected chi connectivity index (χ2v) is 14.2. The maximum Gasteiger partial charge on any atom is 0.268 e. The van der Waals surface area contributed by atoms with Gasteiger partial charge in [0.25, 0.3) is 5.82 Å². The second-order valence-electron chi connectivity index (χ2n) is 14.2. The number of pyridine rings is 3. The zero-order chi connectivity index (χ0) is 36.8. The number of aromatic nitrogens is 8. The van der Waals surface area contributed by atoms with E-state index in [0.717, 1.165) is 81.4 Å². The Kier molecular flexibility index (Phi) is 15.4. The number of fused-ring (bicyclic) bond motifs is 3. The molecule has 15 heteroatoms. The van der Waals surface area contributed by atoms with E-state index in [1.54, 1.807) is 13.5 Å². The predicted octanol–water partition coefficient (Wildman–Crippen LogP) is 4.34. The van der Waals surface area contributed by atoms with E-state index >= 15 is 0 Å². The first-order valence-electron chi connectivity index (χ1n) is 17.1. The van der Waals surface area contributed by atoms with Crippen molar-refractivity contribution >= 4 is 45.2 Å². The van der Waals surface area contributed by atoms with Crippen LogP contribution >= 0.6 is 0 Å². The summed E-state index contributed by atoms with van der Waals surface area (Å²) in [5.74, 6) is 2.30. The Labute approximate surface area is 321 Å². The Hall–Kier alpha value is -5.80. The molecule has 0 bridgehead atoms. The molecule has 7 aromatic rings. The number of hydrogen-bond acceptors (Lipinski definition) is 8. The molecule has 0 spiro atoms. The monoisotopic (exact) mass is 742 g/mol. The van der Waals surface area contributed by atoms with Crippen molar-refractivity contribution in [1.82, 2.24) is 33.4 Å². The summed E-state index contributed by atoms with van der Waals surface area (Å²) in [5, 5.41) is 19.9. The number of quaternary nitrogens is 2. The summed E-state index contributed by atoms with van der Waals surface area (Å²) in [6, 6.07) is 17.6. The Balaban J connectivity index is 0.000000273. The van der Waals surface area contributed by atoms with Crippen molar-refractivity contribution in [2.24, 2.45) is 7.05 Å². The Morgan fingerprint density at radius 2 is 1.07 bits per heavy atom. The van der Waals surface area contributed by atoms with Crippen LogP contribution in [0.3, 0.4) is 0 Å². The molecule has 7 heterocycles. The van der Waals surface area contributed by atoms with E-state index in [0.29, 0.717) is 11.4 Å². The largest absolute Gasteiger partial charge is 0.394 e. The number of imidazole rings is 1. The van der Waals surface area contributed by atoms with Crippen LogP contribution in [-0.4, -0.2) is 110 Å². The lowest BCUT2D eigenvalue weighted by Gasteiger charge is -2.28. The standard InChI is InChI=1S/C13H22N5.C12H20N5.C11H12N5.3CH3/c1-4-18(2,3)10-8-15-13-12(14)11-7-5-6-9-17(11)16-13;1-17(2,3)9-7-14-12-11(13)10-6-4-5-8-16(10)15-12;1-14-6-7-15(8-14)11-10(12)9-4-2-3-5-16(9)13-11;;;/h5-7,9H,4,8,10,14H2,1-3H3,(H,15,16);4-6,8H,7,9,13H2,1-3H3,(H,14,15);2-8H,12H2,1H3;3*1H3/q3*+1;3*-1. The van der Waals surface area contributed by atoms with Gasteiger partial charge in [-0.05, 0) is 43.3 Å². The van der Waals surface area contributed by atoms with Crippen molar-refractivity contribution in [3.63, 3.8) is 0 Å². The van der Waals surface area contributed by atoms with E-state index in [-0.39, 0.29) is 22.3 Å². The molecule has 0 unspecified atom stereocenters. The van der Waals surface area contributed by atoms with E-state index in [2.05, 4.69) is 68.1 Å². The fraction of sp³-hybridized carbons (Fsp3) is 0.308. The molecule has 0 saturated carbocycles. The maximum atomic E-state index is 6.07. The third-order valence-corrected chi connectivity index (χ3v) is 8.67. The van der Waals surface area contributed by atoms with Crippen molar-refractivity contribution in [1.29, 1.82) is 0 Å². The summed E-state index contributed by atoms with van der Waals surface area (Å²) in [6.07, 6.45) is 11.5. The number of anilines is 5. The van der Waals surface area contributed by atoms with E-state index < -0.39 is 0 Å². The summed E-state index contributed by atoms with van der Waals surface area (Å²) >= 11 is 0. The van der Waals surface area contributed by atoms with Gasteiger partial charge in [0.15, 0.2) is 11.6 Å². The molecule has 294 valence electrons. The molecule has 7 rings (SSSR count). The van der Waals surface area contributed by atoms with Crippen LogP contribution in [0.5, 0.6) is 0 Å². The molecule has 8 N–H and O–H groups in total. The van der Waals surface area contributed by atoms with Gasteiger partial charge in [-0.2, -0.15) is 4.57 Å². The highest BCUT2D eigenvalue weighted by molar-refractivity contribution is 5.81. The van der Waals surface area contributed by atoms with Crippen molar-refractivity contribution in [3.05, 3.63) is 114 Å². The Bertz CT molecular complexity index is 2180. The molecule has 0 aliphatic rings. The van der Waals surface area contributed by atoms with E-state index in [1.807, 2.05) is 108 Å². The van der Waals surface area contributed by atoms with Crippen LogP contribution in [0, 0.1) is 22.3 Å². The minimum Gasteiger partial charge on any atom is -0.394 e. The molecular weight excluding hydrogens is 679 g/mol. The zero-order valence-electron chi connectivity index (χ0n) is 33.9. The highest BCUT2D eigenvalue weighted by Gasteiger charge is 2.16. The third-order valence-electron chi connectivity index (χ3n) is 8.67. The first-order chi connectivity index (χ1) is 24.3. The lowest BCUT2D eigenvalue weighted by molar-refractivity contribution is -0.886. The number of nitrogen functional groups attached to an aromatic ring is 3. The van der Waals surface area contributed by atoms with Crippen LogP contribution in [0.1, 0.15) is 6.92 Å². The summed E-state index contributed by atoms with van der Waals surface area (Å²) in [7, 11) is 12.9. The first-order valence-corrected chi connectivity index (χ1v) is 17.1. The van der Waals surface area contributed by atoms with E-state index in [4.69, 9.17) is 17.2 Å². The molecular formula is C39H63N15. The molecule has 54 heavy (non-hydrogen) atoms. The van der Waals surface area contributed by atoms with Gasteiger partial charge in [-0.3, -0.25) is 0 Å². The molecule has 0 atom stereocenters. The number of aryl methyl sites for hydroxylation is 1. The SMILES string of the molecule is CC[N+](C)(C)CCNc1nn2ccccc2c1N.C[N+](C)(C)CCNc1nn2ccccc2c1N.C[n+]1ccn(-c2nn3ccccc3c2N)c1.[CH3-].[CH3-].[CH3-]. The van der Waals surface area contributed by atoms with Crippen LogP contribution < -0.4 is 32.4 Å². The summed E-state index contributed by atoms with van der Waals surface area (Å²) in [6.45, 7) is 7.10. The van der Waals surface area contributed by atoms with Gasteiger partial charge in [0.1, 0.15) is 29.5 Å². The smallest absolute Gasteiger partial charge is 0.268 e. The fourth-order valence-corrected chi connectivity index (χ4v) is 5.21. The van der Waals surface area contributed by atoms with Crippen LogP contribution in [0.4, 0.5) is 28.7 Å². The average molecular weight is 742 g/mol. The lowest BCUT2D eigenvalue weighted by Crippen LogP contribution is -2.42. The van der Waals surface area contributed by atoms with Crippen molar-refractivity contribution in [2.75, 3.05) is 95.8 Å². The number of nitrogens with two attached hydrogens (primary N) is 3. The first kappa shape index (κ1) is 44.4. The van der Waals surface area contributed by atoms with E-state index in [9.17, 15) is 0 Å². The predicted molar refractivity (Wildman–Crippen MR) is 226 cm³/mol. The quantitative estimate of drug-likeness (QED) is 0.0786. The maximum absolute atomic E-state index is 6.07. The van der Waals surface area contributed by atoms with Gasteiger partial charge >= 0.3 is 0 Å². The van der Waals surface area contributed by atoms with Gasteiger partial charge < -0.3 is 59.1 Å². The van der Waals surface area contributed by atoms with Crippen molar-refractivity contribution < 1.29 is 13.5 Å². The summed E-state index contributed by atoms with van der Waals surface area (Å²) in [5.41, 5.74) is 23.1. The van der Waals surface area contributed by atoms with Crippen molar-refractivity contribution in [3.8, 4) is 5.82 Å². The molecule has 0 aliphatic carbocycles. The molecule has 7 aromatic heterocycles. The number of nitrogens with zero attached hydrogens (tertiary/aromatic N) is 10. The topological polar surface area (TPSA) is 163 Å². The van der Waals surface area contributed by atoms with Gasteiger partial charge in [0.2, 0.25) is 6.33 Å². The Morgan fingerprint density at radius 3 is 1.46 bits per heavy atom. The fourth-order valence-electron chi connectivity index (χ4n) is 5.21. The van der Waals surface area contributed by atoms with Gasteiger partial charge in [0.05, 0.1) is 91.6 Å². The molecule has 0 saturated heterocycles. The normalized spacial score (nSPS) is 11.0. The van der Waals surface area contributed by atoms with Gasteiger partial charge in [-0.25, -0.2) is 18.1 Å². The Morgan fingerprint density at radius 1 is 0.630 bits per heavy atom. The van der Waals surface area contributed by atoms with Crippen LogP contribution in [0.25, 0.3) is 22.4 Å². The van der Waals surface area contributed by atoms with Crippen molar-refractivity contribution in [2.45, 2.75) is 6.92 Å². The zero-order valence-corrected chi connectivity index (χ0v) is 33.9. The molecule has 0 amide bonds. The average Bonchev–Trinajstić information content (AvgIpc) is 3.85. The lowest BCUT2D eigenvalue weighted by atomic mass is 10.3. The van der Waals surface area contributed by atoms with Gasteiger partial charge in [-0.1, -0.05) is 18.2 Å². The number of nitrogens with one attached hydrogen (secondary N) is 2. The van der Waals surface area contributed by atoms with Crippen LogP contribution in [0.2, 0.25) is 0 Å². The second kappa shape index (κ2) is 18.8. The summed E-state index contributed by atoms with van der Waals surface area (Å²) < 4.78 is 11.1. The molecule has 15 nitrogen and oxygen atoms in total. The molecule has 0 fully saturated rings. The van der Waals surface area contributed by atoms with Crippen LogP contribution in [-0.2, 0) is 7.05 Å². The molecule has 0 radical (unpaired) electrons. The minimum absolute atomic E-state index is 0. The number of likely N-dealkylation sites (N-methyl/N-ethyl adjacent to an activating group) is 2. The number of rotatable bonds is 10. The third kappa shape index (κ3) is 10.9. The molecule has 0 aliphatic heterocycles. The molecule has 0 aromatic carbocycles. The van der Waals surface area contributed by atoms with Gasteiger partial charge in [-0.15, -0.1) is 15.3 Å². The van der Waals surface area contributed by atoms with Crippen LogP contribution in [0.15, 0.2) is 91.9 Å². The minimum atomic E-state index is 0. The highest BCUT2D eigenvalue weighted by Crippen LogP contribution is 2.24.